The Labute approximate surface area is 158 Å². The van der Waals surface area contributed by atoms with Crippen LogP contribution < -0.4 is 9.47 Å². The van der Waals surface area contributed by atoms with E-state index in [1.165, 1.54) is 11.1 Å². The number of nitrogens with zero attached hydrogens (tertiary/aromatic N) is 1. The highest BCUT2D eigenvalue weighted by Gasteiger charge is 2.28. The number of ketones is 1. The molecule has 2 aromatic carbocycles. The van der Waals surface area contributed by atoms with Crippen LogP contribution >= 0.6 is 0 Å². The molecule has 1 aromatic heterocycles. The van der Waals surface area contributed by atoms with Gasteiger partial charge in [0.2, 0.25) is 0 Å². The van der Waals surface area contributed by atoms with Gasteiger partial charge in [0.05, 0.1) is 20.3 Å². The fraction of sp³-hybridized carbons (Fsp3) is 0.318. The molecule has 2 heterocycles. The third-order valence-corrected chi connectivity index (χ3v) is 5.53. The molecule has 1 atom stereocenters. The average molecular weight is 364 g/mol. The summed E-state index contributed by atoms with van der Waals surface area (Å²) in [7, 11) is 3.30. The van der Waals surface area contributed by atoms with Crippen LogP contribution in [0.2, 0.25) is 0 Å². The summed E-state index contributed by atoms with van der Waals surface area (Å²) in [6.45, 7) is 3.57. The lowest BCUT2D eigenvalue weighted by Crippen LogP contribution is -2.42. The predicted molar refractivity (Wildman–Crippen MR) is 106 cm³/mol. The number of carbonyl (C=O) groups excluding carboxylic acids is 1. The van der Waals surface area contributed by atoms with Gasteiger partial charge in [-0.15, -0.1) is 0 Å². The SMILES string of the molecule is COc1cc2c(cc1OC)CN([C@H](C)C(=O)c1c[nH]c3ccccc13)CC2. The standard InChI is InChI=1S/C22H24N2O3/c1-14(22(25)18-12-23-19-7-5-4-6-17(18)19)24-9-8-15-10-20(26-2)21(27-3)11-16(15)13-24/h4-7,10-12,14,23H,8-9,13H2,1-3H3/t14-/m1/s1. The highest BCUT2D eigenvalue weighted by atomic mass is 16.5. The van der Waals surface area contributed by atoms with Crippen LogP contribution in [-0.4, -0.2) is 42.5 Å². The van der Waals surface area contributed by atoms with Gasteiger partial charge < -0.3 is 14.5 Å². The minimum atomic E-state index is -0.189. The van der Waals surface area contributed by atoms with Crippen LogP contribution in [0.25, 0.3) is 10.9 Å². The van der Waals surface area contributed by atoms with Crippen LogP contribution in [0.4, 0.5) is 0 Å². The summed E-state index contributed by atoms with van der Waals surface area (Å²) >= 11 is 0. The molecule has 3 aromatic rings. The molecule has 0 aliphatic carbocycles. The highest BCUT2D eigenvalue weighted by Crippen LogP contribution is 2.34. The Morgan fingerprint density at radius 3 is 2.56 bits per heavy atom. The van der Waals surface area contributed by atoms with Gasteiger partial charge in [-0.25, -0.2) is 0 Å². The summed E-state index contributed by atoms with van der Waals surface area (Å²) in [5.41, 5.74) is 4.21. The molecule has 0 saturated heterocycles. The molecule has 140 valence electrons. The number of rotatable bonds is 5. The molecule has 5 nitrogen and oxygen atoms in total. The molecule has 0 amide bonds. The molecule has 1 aliphatic rings. The molecular weight excluding hydrogens is 340 g/mol. The number of Topliss-reactive ketones (excluding diaryl/α,β-unsaturated/α-hetero) is 1. The topological polar surface area (TPSA) is 54.6 Å². The maximum atomic E-state index is 13.1. The van der Waals surface area contributed by atoms with Crippen molar-refractivity contribution in [2.75, 3.05) is 20.8 Å². The van der Waals surface area contributed by atoms with Gasteiger partial charge >= 0.3 is 0 Å². The van der Waals surface area contributed by atoms with E-state index in [1.54, 1.807) is 14.2 Å². The summed E-state index contributed by atoms with van der Waals surface area (Å²) in [6, 6.07) is 11.8. The smallest absolute Gasteiger partial charge is 0.181 e. The molecule has 0 saturated carbocycles. The quantitative estimate of drug-likeness (QED) is 0.700. The minimum absolute atomic E-state index is 0.149. The molecular formula is C22H24N2O3. The van der Waals surface area contributed by atoms with Crippen molar-refractivity contribution in [3.63, 3.8) is 0 Å². The van der Waals surface area contributed by atoms with E-state index in [4.69, 9.17) is 9.47 Å². The van der Waals surface area contributed by atoms with Crippen molar-refractivity contribution in [2.45, 2.75) is 25.9 Å². The number of methoxy groups -OCH3 is 2. The normalized spacial score (nSPS) is 15.4. The zero-order chi connectivity index (χ0) is 19.0. The van der Waals surface area contributed by atoms with Gasteiger partial charge in [-0.2, -0.15) is 0 Å². The van der Waals surface area contributed by atoms with E-state index in [0.29, 0.717) is 0 Å². The number of ether oxygens (including phenoxy) is 2. The number of para-hydroxylation sites is 1. The molecule has 4 rings (SSSR count). The summed E-state index contributed by atoms with van der Waals surface area (Å²) < 4.78 is 10.8. The summed E-state index contributed by atoms with van der Waals surface area (Å²) in [5.74, 6) is 1.64. The molecule has 0 bridgehead atoms. The summed E-state index contributed by atoms with van der Waals surface area (Å²) in [4.78, 5) is 18.6. The number of nitrogens with one attached hydrogen (secondary N) is 1. The molecule has 0 unspecified atom stereocenters. The largest absolute Gasteiger partial charge is 0.493 e. The first-order valence-corrected chi connectivity index (χ1v) is 9.20. The van der Waals surface area contributed by atoms with Crippen LogP contribution in [0.15, 0.2) is 42.6 Å². The zero-order valence-corrected chi connectivity index (χ0v) is 15.9. The van der Waals surface area contributed by atoms with Gasteiger partial charge in [-0.05, 0) is 42.7 Å². The monoisotopic (exact) mass is 364 g/mol. The maximum Gasteiger partial charge on any atom is 0.181 e. The van der Waals surface area contributed by atoms with Crippen LogP contribution in [0.1, 0.15) is 28.4 Å². The average Bonchev–Trinajstić information content (AvgIpc) is 3.15. The van der Waals surface area contributed by atoms with Gasteiger partial charge in [0.1, 0.15) is 0 Å². The van der Waals surface area contributed by atoms with E-state index in [9.17, 15) is 4.79 Å². The van der Waals surface area contributed by atoms with E-state index in [-0.39, 0.29) is 11.8 Å². The Bertz CT molecular complexity index is 992. The molecule has 0 radical (unpaired) electrons. The Kier molecular flexibility index (Phi) is 4.62. The fourth-order valence-electron chi connectivity index (χ4n) is 3.90. The van der Waals surface area contributed by atoms with E-state index in [2.05, 4.69) is 16.0 Å². The number of carbonyl (C=O) groups is 1. The molecule has 0 fully saturated rings. The van der Waals surface area contributed by atoms with E-state index in [1.807, 2.05) is 43.5 Å². The second-order valence-electron chi connectivity index (χ2n) is 6.98. The lowest BCUT2D eigenvalue weighted by Gasteiger charge is -2.33. The molecule has 5 heteroatoms. The van der Waals surface area contributed by atoms with Crippen molar-refractivity contribution in [1.29, 1.82) is 0 Å². The van der Waals surface area contributed by atoms with Crippen LogP contribution in [0.3, 0.4) is 0 Å². The van der Waals surface area contributed by atoms with Gasteiger partial charge in [-0.3, -0.25) is 9.69 Å². The number of H-pyrrole nitrogens is 1. The highest BCUT2D eigenvalue weighted by molar-refractivity contribution is 6.10. The molecule has 1 N–H and O–H groups in total. The summed E-state index contributed by atoms with van der Waals surface area (Å²) in [5, 5.41) is 0.984. The second-order valence-corrected chi connectivity index (χ2v) is 6.98. The first kappa shape index (κ1) is 17.6. The number of hydrogen-bond donors (Lipinski definition) is 1. The fourth-order valence-corrected chi connectivity index (χ4v) is 3.90. The van der Waals surface area contributed by atoms with Crippen molar-refractivity contribution in [3.8, 4) is 11.5 Å². The van der Waals surface area contributed by atoms with Crippen molar-refractivity contribution >= 4 is 16.7 Å². The van der Waals surface area contributed by atoms with Crippen molar-refractivity contribution in [1.82, 2.24) is 9.88 Å². The van der Waals surface area contributed by atoms with Gasteiger partial charge in [0.25, 0.3) is 0 Å². The van der Waals surface area contributed by atoms with Crippen molar-refractivity contribution in [3.05, 3.63) is 59.3 Å². The predicted octanol–water partition coefficient (Wildman–Crippen LogP) is 3.81. The first-order valence-electron chi connectivity index (χ1n) is 9.20. The van der Waals surface area contributed by atoms with Crippen molar-refractivity contribution in [2.24, 2.45) is 0 Å². The van der Waals surface area contributed by atoms with Gasteiger partial charge in [0.15, 0.2) is 17.3 Å². The van der Waals surface area contributed by atoms with Crippen LogP contribution in [-0.2, 0) is 13.0 Å². The van der Waals surface area contributed by atoms with E-state index >= 15 is 0 Å². The van der Waals surface area contributed by atoms with E-state index in [0.717, 1.165) is 47.5 Å². The molecule has 0 spiro atoms. The second kappa shape index (κ2) is 7.08. The number of aromatic nitrogens is 1. The Morgan fingerprint density at radius 1 is 1.11 bits per heavy atom. The number of fused-ring (bicyclic) bond motifs is 2. The van der Waals surface area contributed by atoms with E-state index < -0.39 is 0 Å². The Balaban J connectivity index is 1.59. The maximum absolute atomic E-state index is 13.1. The third kappa shape index (κ3) is 3.08. The van der Waals surface area contributed by atoms with Crippen LogP contribution in [0.5, 0.6) is 11.5 Å². The lowest BCUT2D eigenvalue weighted by molar-refractivity contribution is 0.0821. The Hall–Kier alpha value is -2.79. The number of aromatic amines is 1. The molecule has 27 heavy (non-hydrogen) atoms. The zero-order valence-electron chi connectivity index (χ0n) is 15.9. The van der Waals surface area contributed by atoms with Gasteiger partial charge in [0, 0.05) is 35.8 Å². The third-order valence-electron chi connectivity index (χ3n) is 5.53. The lowest BCUT2D eigenvalue weighted by atomic mass is 9.95. The number of benzene rings is 2. The summed E-state index contributed by atoms with van der Waals surface area (Å²) in [6.07, 6.45) is 2.72. The number of hydrogen-bond acceptors (Lipinski definition) is 4. The van der Waals surface area contributed by atoms with Crippen LogP contribution in [0, 0.1) is 0 Å². The van der Waals surface area contributed by atoms with Crippen molar-refractivity contribution < 1.29 is 14.3 Å². The Morgan fingerprint density at radius 2 is 1.81 bits per heavy atom. The van der Waals surface area contributed by atoms with Gasteiger partial charge in [-0.1, -0.05) is 18.2 Å². The first-order chi connectivity index (χ1) is 13.1. The minimum Gasteiger partial charge on any atom is -0.493 e. The molecule has 1 aliphatic heterocycles.